The normalized spacial score (nSPS) is 31.5. The summed E-state index contributed by atoms with van der Waals surface area (Å²) in [5.41, 5.74) is 0. The molecule has 1 unspecified atom stereocenters. The molecular weight excluding hydrogens is 377 g/mol. The Morgan fingerprint density at radius 1 is 0.722 bits per heavy atom. The first kappa shape index (κ1) is 13.7. The molecule has 0 saturated carbocycles. The molecule has 18 heavy (non-hydrogen) atoms. The van der Waals surface area contributed by atoms with E-state index in [1.165, 1.54) is 19.3 Å². The molecule has 4 rings (SSSR count). The first-order valence-electron chi connectivity index (χ1n) is 5.29. The summed E-state index contributed by atoms with van der Waals surface area (Å²) in [5.74, 6) is 1.26. The molecule has 0 radical (unpaired) electrons. The van der Waals surface area contributed by atoms with Gasteiger partial charge >= 0.3 is 0 Å². The predicted octanol–water partition coefficient (Wildman–Crippen LogP) is 6.63. The van der Waals surface area contributed by atoms with Gasteiger partial charge in [0.05, 0.1) is 25.4 Å². The standard InChI is InChI=1S/C10H8S8/c1-4-2-11-7-8(14-4)18-10(17-7)9-15-5-6(16-9)13-3-12-5/h4H,2-3H2,1H3. The molecule has 0 aromatic carbocycles. The van der Waals surface area contributed by atoms with Crippen molar-refractivity contribution in [2.45, 2.75) is 12.2 Å². The van der Waals surface area contributed by atoms with Crippen LogP contribution in [0.3, 0.4) is 0 Å². The van der Waals surface area contributed by atoms with Gasteiger partial charge in [-0.2, -0.15) is 0 Å². The van der Waals surface area contributed by atoms with E-state index in [0.29, 0.717) is 0 Å². The Balaban J connectivity index is 1.53. The maximum atomic E-state index is 2.33. The molecule has 0 fully saturated rings. The highest BCUT2D eigenvalue weighted by molar-refractivity contribution is 8.48. The number of thioether (sulfide) groups is 8. The summed E-state index contributed by atoms with van der Waals surface area (Å²) in [6.07, 6.45) is 0. The highest BCUT2D eigenvalue weighted by atomic mass is 32.3. The van der Waals surface area contributed by atoms with Gasteiger partial charge in [-0.15, -0.1) is 47.0 Å². The van der Waals surface area contributed by atoms with E-state index < -0.39 is 0 Å². The fourth-order valence-corrected chi connectivity index (χ4v) is 14.5. The first-order valence-corrected chi connectivity index (χ1v) is 12.4. The zero-order valence-corrected chi connectivity index (χ0v) is 15.8. The Morgan fingerprint density at radius 2 is 1.28 bits per heavy atom. The third-order valence-corrected chi connectivity index (χ3v) is 14.6. The fourth-order valence-electron chi connectivity index (χ4n) is 1.60. The second-order valence-corrected chi connectivity index (χ2v) is 14.2. The lowest BCUT2D eigenvalue weighted by Crippen LogP contribution is -2.02. The number of rotatable bonds is 0. The molecule has 96 valence electrons. The average Bonchev–Trinajstić information content (AvgIpc) is 2.99. The summed E-state index contributed by atoms with van der Waals surface area (Å²) in [7, 11) is 0. The topological polar surface area (TPSA) is 0 Å². The summed E-state index contributed by atoms with van der Waals surface area (Å²) in [4.78, 5) is 0. The van der Waals surface area contributed by atoms with Gasteiger partial charge in [0.15, 0.2) is 0 Å². The molecule has 0 spiro atoms. The van der Waals surface area contributed by atoms with Gasteiger partial charge in [-0.05, 0) is 0 Å². The Morgan fingerprint density at radius 3 is 1.94 bits per heavy atom. The number of hydrogen-bond acceptors (Lipinski definition) is 8. The summed E-state index contributed by atoms with van der Waals surface area (Å²) < 4.78 is 9.26. The van der Waals surface area contributed by atoms with Crippen molar-refractivity contribution in [3.8, 4) is 0 Å². The lowest BCUT2D eigenvalue weighted by atomic mass is 10.6. The van der Waals surface area contributed by atoms with Crippen LogP contribution >= 0.6 is 94.1 Å². The molecule has 0 saturated heterocycles. The van der Waals surface area contributed by atoms with Crippen LogP contribution in [0.25, 0.3) is 0 Å². The summed E-state index contributed by atoms with van der Waals surface area (Å²) in [6.45, 7) is 2.33. The van der Waals surface area contributed by atoms with Crippen molar-refractivity contribution in [2.75, 3.05) is 10.8 Å². The third kappa shape index (κ3) is 2.58. The summed E-state index contributed by atoms with van der Waals surface area (Å²) in [6, 6.07) is 0. The van der Waals surface area contributed by atoms with Crippen LogP contribution in [0.4, 0.5) is 0 Å². The van der Waals surface area contributed by atoms with Crippen LogP contribution in [0, 0.1) is 0 Å². The molecule has 0 amide bonds. The lowest BCUT2D eigenvalue weighted by molar-refractivity contribution is 1.14. The van der Waals surface area contributed by atoms with Crippen molar-refractivity contribution in [3.05, 3.63) is 25.4 Å². The van der Waals surface area contributed by atoms with Gasteiger partial charge in [0.25, 0.3) is 0 Å². The fraction of sp³-hybridized carbons (Fsp3) is 0.400. The minimum absolute atomic E-state index is 0.768. The van der Waals surface area contributed by atoms with Crippen LogP contribution in [-0.2, 0) is 0 Å². The van der Waals surface area contributed by atoms with E-state index in [2.05, 4.69) is 18.7 Å². The van der Waals surface area contributed by atoms with Crippen molar-refractivity contribution in [1.82, 2.24) is 0 Å². The first-order chi connectivity index (χ1) is 8.79. The molecule has 4 aliphatic rings. The quantitative estimate of drug-likeness (QED) is 0.450. The van der Waals surface area contributed by atoms with Crippen molar-refractivity contribution in [3.63, 3.8) is 0 Å². The molecule has 0 aliphatic carbocycles. The van der Waals surface area contributed by atoms with E-state index in [-0.39, 0.29) is 0 Å². The second kappa shape index (κ2) is 5.66. The molecule has 8 heteroatoms. The van der Waals surface area contributed by atoms with Gasteiger partial charge < -0.3 is 0 Å². The van der Waals surface area contributed by atoms with Gasteiger partial charge in [-0.25, -0.2) is 0 Å². The lowest BCUT2D eigenvalue weighted by Gasteiger charge is -2.16. The van der Waals surface area contributed by atoms with Crippen LogP contribution in [0.1, 0.15) is 6.92 Å². The molecule has 0 bridgehead atoms. The Labute approximate surface area is 141 Å². The monoisotopic (exact) mass is 384 g/mol. The summed E-state index contributed by atoms with van der Waals surface area (Å²) in [5, 5.41) is 1.98. The zero-order valence-electron chi connectivity index (χ0n) is 9.26. The van der Waals surface area contributed by atoms with Crippen LogP contribution in [0.15, 0.2) is 25.4 Å². The number of hydrogen-bond donors (Lipinski definition) is 0. The predicted molar refractivity (Wildman–Crippen MR) is 101 cm³/mol. The Bertz CT molecular complexity index is 484. The van der Waals surface area contributed by atoms with Gasteiger partial charge in [-0.3, -0.25) is 0 Å². The highest BCUT2D eigenvalue weighted by Crippen LogP contribution is 2.69. The molecule has 4 aliphatic heterocycles. The van der Waals surface area contributed by atoms with Gasteiger partial charge in [-0.1, -0.05) is 54.0 Å². The van der Waals surface area contributed by atoms with Gasteiger partial charge in [0, 0.05) is 16.1 Å². The average molecular weight is 385 g/mol. The van der Waals surface area contributed by atoms with Crippen molar-refractivity contribution in [1.29, 1.82) is 0 Å². The Hall–Kier alpha value is 2.02. The largest absolute Gasteiger partial charge is 0.116 e. The minimum atomic E-state index is 0.768. The molecule has 4 heterocycles. The van der Waals surface area contributed by atoms with Crippen LogP contribution in [0.2, 0.25) is 0 Å². The highest BCUT2D eigenvalue weighted by Gasteiger charge is 2.34. The summed E-state index contributed by atoms with van der Waals surface area (Å²) >= 11 is 16.2. The van der Waals surface area contributed by atoms with Gasteiger partial charge in [0.2, 0.25) is 0 Å². The van der Waals surface area contributed by atoms with Crippen LogP contribution in [0.5, 0.6) is 0 Å². The SMILES string of the molecule is CC1CSC2=C(SC(=C3SC4=C(SCS4)S3)S2)S1. The smallest absolute Gasteiger partial charge is 0.0717 e. The molecular formula is C10H8S8. The van der Waals surface area contributed by atoms with Crippen LogP contribution in [-0.4, -0.2) is 16.1 Å². The van der Waals surface area contributed by atoms with E-state index in [1.54, 1.807) is 16.9 Å². The van der Waals surface area contributed by atoms with Crippen molar-refractivity contribution >= 4 is 94.1 Å². The molecule has 1 atom stereocenters. The third-order valence-electron chi connectivity index (χ3n) is 2.38. The molecule has 0 N–H and O–H groups in total. The zero-order chi connectivity index (χ0) is 12.1. The van der Waals surface area contributed by atoms with Gasteiger partial charge in [0.1, 0.15) is 0 Å². The maximum absolute atomic E-state index is 2.33. The molecule has 0 nitrogen and oxygen atoms in total. The van der Waals surface area contributed by atoms with E-state index in [4.69, 9.17) is 0 Å². The van der Waals surface area contributed by atoms with E-state index in [0.717, 1.165) is 5.25 Å². The molecule has 0 aromatic heterocycles. The van der Waals surface area contributed by atoms with E-state index in [1.807, 2.05) is 82.3 Å². The van der Waals surface area contributed by atoms with Crippen molar-refractivity contribution < 1.29 is 0 Å². The maximum Gasteiger partial charge on any atom is 0.0717 e. The van der Waals surface area contributed by atoms with Crippen LogP contribution < -0.4 is 0 Å². The minimum Gasteiger partial charge on any atom is -0.116 e. The molecule has 0 aromatic rings. The Kier molecular flexibility index (Phi) is 4.30. The second-order valence-electron chi connectivity index (χ2n) is 3.78. The van der Waals surface area contributed by atoms with E-state index in [9.17, 15) is 0 Å². The van der Waals surface area contributed by atoms with Crippen molar-refractivity contribution in [2.24, 2.45) is 0 Å². The van der Waals surface area contributed by atoms with E-state index >= 15 is 0 Å².